The minimum atomic E-state index is -1.22. The number of nitrogens with zero attached hydrogens (tertiary/aromatic N) is 1. The summed E-state index contributed by atoms with van der Waals surface area (Å²) in [5.74, 6) is -0.261. The molecule has 1 aliphatic carbocycles. The maximum absolute atomic E-state index is 14.3. The van der Waals surface area contributed by atoms with E-state index >= 15 is 0 Å². The number of benzene rings is 2. The summed E-state index contributed by atoms with van der Waals surface area (Å²) >= 11 is 0. The van der Waals surface area contributed by atoms with Gasteiger partial charge in [-0.25, -0.2) is 0 Å². The number of likely N-dealkylation sites (tertiary alicyclic amines) is 1. The summed E-state index contributed by atoms with van der Waals surface area (Å²) in [7, 11) is 4.72. The lowest BCUT2D eigenvalue weighted by atomic mass is 9.74. The molecule has 10 heteroatoms. The molecule has 3 aliphatic heterocycles. The summed E-state index contributed by atoms with van der Waals surface area (Å²) in [6.07, 6.45) is 7.72. The number of fused-ring (bicyclic) bond motifs is 1. The largest absolute Gasteiger partial charge is 0.497 e. The number of hydrogen-bond acceptors (Lipinski definition) is 7. The molecule has 1 spiro atoms. The van der Waals surface area contributed by atoms with Gasteiger partial charge in [0, 0.05) is 24.3 Å². The number of ether oxygens (including phenoxy) is 4. The number of anilines is 1. The topological polar surface area (TPSA) is 115 Å². The predicted molar refractivity (Wildman–Crippen MR) is 164 cm³/mol. The van der Waals surface area contributed by atoms with Crippen molar-refractivity contribution in [1.29, 1.82) is 0 Å². The second-order valence-electron chi connectivity index (χ2n) is 12.3. The highest BCUT2D eigenvalue weighted by Gasteiger charge is 2.72. The first-order valence-corrected chi connectivity index (χ1v) is 15.4. The SMILES string of the molecule is COc1cccc(NC(=O)[C@@H]2[C@@H]3C=C[C@]4(O3)[C@@H]2C(=O)N(CCc2ccc(OC)c(OC)c2)[C@H]4C(=O)N[C@@H]2CCCC[C@H]2C)c1. The van der Waals surface area contributed by atoms with Gasteiger partial charge in [-0.1, -0.05) is 44.1 Å². The zero-order valence-electron chi connectivity index (χ0n) is 25.7. The molecule has 2 aromatic carbocycles. The maximum atomic E-state index is 14.3. The van der Waals surface area contributed by atoms with E-state index in [4.69, 9.17) is 18.9 Å². The van der Waals surface area contributed by atoms with Crippen molar-refractivity contribution in [3.63, 3.8) is 0 Å². The van der Waals surface area contributed by atoms with Gasteiger partial charge < -0.3 is 34.5 Å². The third kappa shape index (κ3) is 5.19. The van der Waals surface area contributed by atoms with Crippen LogP contribution in [0, 0.1) is 17.8 Å². The third-order valence-electron chi connectivity index (χ3n) is 9.79. The van der Waals surface area contributed by atoms with Crippen molar-refractivity contribution in [2.45, 2.75) is 62.8 Å². The molecular weight excluding hydrogens is 562 g/mol. The van der Waals surface area contributed by atoms with Gasteiger partial charge >= 0.3 is 0 Å². The smallest absolute Gasteiger partial charge is 0.246 e. The summed E-state index contributed by atoms with van der Waals surface area (Å²) in [5, 5.41) is 6.24. The van der Waals surface area contributed by atoms with Crippen LogP contribution >= 0.6 is 0 Å². The molecule has 7 atom stereocenters. The number of rotatable bonds is 10. The first kappa shape index (κ1) is 30.0. The first-order chi connectivity index (χ1) is 21.3. The van der Waals surface area contributed by atoms with E-state index in [1.165, 1.54) is 0 Å². The Morgan fingerprint density at radius 2 is 1.80 bits per heavy atom. The van der Waals surface area contributed by atoms with Gasteiger partial charge in [-0.05, 0) is 55.0 Å². The number of carbonyl (C=O) groups excluding carboxylic acids is 3. The summed E-state index contributed by atoms with van der Waals surface area (Å²) in [5.41, 5.74) is 0.266. The van der Waals surface area contributed by atoms with E-state index in [0.29, 0.717) is 35.3 Å². The summed E-state index contributed by atoms with van der Waals surface area (Å²) < 4.78 is 22.7. The number of nitrogens with one attached hydrogen (secondary N) is 2. The van der Waals surface area contributed by atoms with E-state index in [0.717, 1.165) is 31.2 Å². The minimum absolute atomic E-state index is 0.0317. The van der Waals surface area contributed by atoms with E-state index in [1.807, 2.05) is 30.4 Å². The quantitative estimate of drug-likeness (QED) is 0.398. The second-order valence-corrected chi connectivity index (χ2v) is 12.3. The monoisotopic (exact) mass is 603 g/mol. The fourth-order valence-electron chi connectivity index (χ4n) is 7.51. The second kappa shape index (κ2) is 12.1. The van der Waals surface area contributed by atoms with Crippen LogP contribution in [0.5, 0.6) is 17.2 Å². The normalized spacial score (nSPS) is 30.2. The predicted octanol–water partition coefficient (Wildman–Crippen LogP) is 3.74. The Morgan fingerprint density at radius 1 is 1.00 bits per heavy atom. The van der Waals surface area contributed by atoms with Crippen molar-refractivity contribution < 1.29 is 33.3 Å². The van der Waals surface area contributed by atoms with Crippen molar-refractivity contribution in [2.75, 3.05) is 33.2 Å². The van der Waals surface area contributed by atoms with Crippen LogP contribution in [0.15, 0.2) is 54.6 Å². The van der Waals surface area contributed by atoms with Gasteiger partial charge in [0.25, 0.3) is 0 Å². The zero-order valence-corrected chi connectivity index (χ0v) is 25.7. The van der Waals surface area contributed by atoms with Gasteiger partial charge in [-0.15, -0.1) is 0 Å². The van der Waals surface area contributed by atoms with Crippen molar-refractivity contribution in [3.05, 3.63) is 60.2 Å². The van der Waals surface area contributed by atoms with Crippen molar-refractivity contribution in [2.24, 2.45) is 17.8 Å². The molecule has 2 N–H and O–H groups in total. The van der Waals surface area contributed by atoms with Crippen LogP contribution < -0.4 is 24.8 Å². The molecule has 2 saturated heterocycles. The number of hydrogen-bond donors (Lipinski definition) is 2. The van der Waals surface area contributed by atoms with Gasteiger partial charge in [-0.3, -0.25) is 14.4 Å². The van der Waals surface area contributed by atoms with E-state index < -0.39 is 29.6 Å². The van der Waals surface area contributed by atoms with Gasteiger partial charge in [0.15, 0.2) is 11.5 Å². The lowest BCUT2D eigenvalue weighted by Crippen LogP contribution is -2.57. The van der Waals surface area contributed by atoms with E-state index in [9.17, 15) is 14.4 Å². The van der Waals surface area contributed by atoms with E-state index in [-0.39, 0.29) is 30.3 Å². The Kier molecular flexibility index (Phi) is 8.28. The Balaban J connectivity index is 1.29. The summed E-state index contributed by atoms with van der Waals surface area (Å²) in [6, 6.07) is 11.8. The Morgan fingerprint density at radius 3 is 2.55 bits per heavy atom. The van der Waals surface area contributed by atoms with Crippen LogP contribution in [0.25, 0.3) is 0 Å². The Hall–Kier alpha value is -4.05. The van der Waals surface area contributed by atoms with Gasteiger partial charge in [-0.2, -0.15) is 0 Å². The van der Waals surface area contributed by atoms with Crippen LogP contribution in [-0.4, -0.2) is 74.3 Å². The molecule has 1 saturated carbocycles. The van der Waals surface area contributed by atoms with Gasteiger partial charge in [0.1, 0.15) is 17.4 Å². The van der Waals surface area contributed by atoms with Crippen LogP contribution in [0.2, 0.25) is 0 Å². The highest BCUT2D eigenvalue weighted by atomic mass is 16.5. The molecule has 2 bridgehead atoms. The lowest BCUT2D eigenvalue weighted by Gasteiger charge is -2.36. The third-order valence-corrected chi connectivity index (χ3v) is 9.79. The fraction of sp³-hybridized carbons (Fsp3) is 0.500. The molecule has 3 fully saturated rings. The molecule has 6 rings (SSSR count). The summed E-state index contributed by atoms with van der Waals surface area (Å²) in [6.45, 7) is 2.44. The highest BCUT2D eigenvalue weighted by molar-refractivity contribution is 6.02. The van der Waals surface area contributed by atoms with Crippen LogP contribution in [0.4, 0.5) is 5.69 Å². The van der Waals surface area contributed by atoms with Crippen molar-refractivity contribution in [1.82, 2.24) is 10.2 Å². The molecule has 0 aromatic heterocycles. The molecule has 0 unspecified atom stereocenters. The standard InChI is InChI=1S/C34H41N3O7/c1-20-8-5-6-11-24(20)36-32(39)30-34-16-14-26(44-34)28(31(38)35-22-9-7-10-23(19-22)41-2)29(34)33(40)37(30)17-15-21-12-13-25(42-3)27(18-21)43-4/h7,9-10,12-14,16,18-20,24,26,28-30H,5-6,8,11,15,17H2,1-4H3,(H,35,38)(H,36,39)/t20-,24-,26+,28-,29+,30+,34+/m1/s1. The highest BCUT2D eigenvalue weighted by Crippen LogP contribution is 2.55. The molecular formula is C34H41N3O7. The Bertz CT molecular complexity index is 1460. The van der Waals surface area contributed by atoms with Crippen LogP contribution in [-0.2, 0) is 25.5 Å². The van der Waals surface area contributed by atoms with Gasteiger partial charge in [0.05, 0.1) is 39.3 Å². The Labute approximate surface area is 258 Å². The molecule has 2 aromatic rings. The number of carbonyl (C=O) groups is 3. The zero-order chi connectivity index (χ0) is 31.0. The summed E-state index contributed by atoms with van der Waals surface area (Å²) in [4.78, 5) is 44.0. The number of methoxy groups -OCH3 is 3. The average Bonchev–Trinajstić information content (AvgIpc) is 3.68. The fourth-order valence-corrected chi connectivity index (χ4v) is 7.51. The van der Waals surface area contributed by atoms with Gasteiger partial charge in [0.2, 0.25) is 17.7 Å². The molecule has 234 valence electrons. The molecule has 3 heterocycles. The van der Waals surface area contributed by atoms with E-state index in [2.05, 4.69) is 17.6 Å². The maximum Gasteiger partial charge on any atom is 0.246 e. The molecule has 10 nitrogen and oxygen atoms in total. The average molecular weight is 604 g/mol. The first-order valence-electron chi connectivity index (χ1n) is 15.4. The van der Waals surface area contributed by atoms with Crippen LogP contribution in [0.3, 0.4) is 0 Å². The van der Waals surface area contributed by atoms with Crippen molar-refractivity contribution >= 4 is 23.4 Å². The molecule has 44 heavy (non-hydrogen) atoms. The molecule has 0 radical (unpaired) electrons. The molecule has 4 aliphatic rings. The van der Waals surface area contributed by atoms with Crippen molar-refractivity contribution in [3.8, 4) is 17.2 Å². The van der Waals surface area contributed by atoms with E-state index in [1.54, 1.807) is 50.5 Å². The minimum Gasteiger partial charge on any atom is -0.497 e. The number of amides is 3. The molecule has 3 amide bonds. The van der Waals surface area contributed by atoms with Crippen LogP contribution in [0.1, 0.15) is 38.2 Å². The lowest BCUT2D eigenvalue weighted by molar-refractivity contribution is -0.141.